The highest BCUT2D eigenvalue weighted by Crippen LogP contribution is 2.31. The molecular weight excluding hydrogens is 278 g/mol. The first-order valence-corrected chi connectivity index (χ1v) is 6.82. The number of methoxy groups -OCH3 is 2. The maximum atomic E-state index is 11.2. The summed E-state index contributed by atoms with van der Waals surface area (Å²) >= 11 is 0. The second-order valence-corrected chi connectivity index (χ2v) is 5.18. The molecular formula is C14H25NO6. The molecule has 1 amide bonds. The van der Waals surface area contributed by atoms with Gasteiger partial charge in [-0.3, -0.25) is 0 Å². The molecule has 7 heteroatoms. The van der Waals surface area contributed by atoms with Crippen molar-refractivity contribution in [3.63, 3.8) is 0 Å². The molecule has 0 radical (unpaired) electrons. The summed E-state index contributed by atoms with van der Waals surface area (Å²) in [5, 5.41) is 2.60. The Hall–Kier alpha value is -1.15. The van der Waals surface area contributed by atoms with Crippen LogP contribution in [0.1, 0.15) is 20.3 Å². The lowest BCUT2D eigenvalue weighted by atomic mass is 10.1. The smallest absolute Gasteiger partial charge is 0.406 e. The average molecular weight is 303 g/mol. The van der Waals surface area contributed by atoms with Crippen LogP contribution < -0.4 is 5.32 Å². The molecule has 1 heterocycles. The van der Waals surface area contributed by atoms with Gasteiger partial charge >= 0.3 is 6.09 Å². The van der Waals surface area contributed by atoms with Gasteiger partial charge in [0.15, 0.2) is 5.79 Å². The Morgan fingerprint density at radius 1 is 1.43 bits per heavy atom. The molecule has 3 atom stereocenters. The summed E-state index contributed by atoms with van der Waals surface area (Å²) in [4.78, 5) is 11.2. The Bertz CT molecular complexity index is 346. The van der Waals surface area contributed by atoms with E-state index >= 15 is 0 Å². The lowest BCUT2D eigenvalue weighted by molar-refractivity contribution is -0.149. The molecule has 0 saturated carbocycles. The molecule has 1 N–H and O–H groups in total. The van der Waals surface area contributed by atoms with E-state index in [9.17, 15) is 4.79 Å². The first kappa shape index (κ1) is 17.9. The zero-order valence-corrected chi connectivity index (χ0v) is 13.1. The van der Waals surface area contributed by atoms with Crippen molar-refractivity contribution < 1.29 is 28.5 Å². The molecule has 21 heavy (non-hydrogen) atoms. The SMILES string of the molecule is C=C[C@H]1OC(C)(C)O[C@H]1C[C@@H](CNC(=O)OC)OCOC. The molecule has 1 aliphatic heterocycles. The van der Waals surface area contributed by atoms with Gasteiger partial charge in [0.1, 0.15) is 12.9 Å². The number of carbonyl (C=O) groups excluding carboxylic acids is 1. The topological polar surface area (TPSA) is 75.3 Å². The van der Waals surface area contributed by atoms with Crippen LogP contribution >= 0.6 is 0 Å². The number of amides is 1. The van der Waals surface area contributed by atoms with E-state index < -0.39 is 11.9 Å². The molecule has 1 saturated heterocycles. The summed E-state index contributed by atoms with van der Waals surface area (Å²) < 4.78 is 26.6. The van der Waals surface area contributed by atoms with Gasteiger partial charge in [-0.15, -0.1) is 6.58 Å². The van der Waals surface area contributed by atoms with E-state index in [0.29, 0.717) is 13.0 Å². The van der Waals surface area contributed by atoms with E-state index in [1.54, 1.807) is 6.08 Å². The Morgan fingerprint density at radius 2 is 2.14 bits per heavy atom. The maximum absolute atomic E-state index is 11.2. The Kier molecular flexibility index (Phi) is 7.10. The van der Waals surface area contributed by atoms with Gasteiger partial charge in [-0.2, -0.15) is 0 Å². The number of alkyl carbamates (subject to hydrolysis) is 1. The van der Waals surface area contributed by atoms with Crippen LogP contribution in [0.5, 0.6) is 0 Å². The van der Waals surface area contributed by atoms with E-state index in [1.165, 1.54) is 14.2 Å². The Labute approximate surface area is 125 Å². The van der Waals surface area contributed by atoms with Gasteiger partial charge < -0.3 is 29.0 Å². The molecule has 1 rings (SSSR count). The van der Waals surface area contributed by atoms with Crippen LogP contribution in [-0.2, 0) is 23.7 Å². The zero-order chi connectivity index (χ0) is 15.9. The lowest BCUT2D eigenvalue weighted by Gasteiger charge is -2.22. The second-order valence-electron chi connectivity index (χ2n) is 5.18. The van der Waals surface area contributed by atoms with Gasteiger partial charge in [-0.05, 0) is 13.8 Å². The average Bonchev–Trinajstić information content (AvgIpc) is 2.75. The summed E-state index contributed by atoms with van der Waals surface area (Å²) in [5.41, 5.74) is 0. The fourth-order valence-corrected chi connectivity index (χ4v) is 2.15. The molecule has 0 bridgehead atoms. The van der Waals surface area contributed by atoms with E-state index in [1.807, 2.05) is 13.8 Å². The highest BCUT2D eigenvalue weighted by molar-refractivity contribution is 5.66. The minimum absolute atomic E-state index is 0.128. The van der Waals surface area contributed by atoms with E-state index in [4.69, 9.17) is 18.9 Å². The normalized spacial score (nSPS) is 25.3. The Balaban J connectivity index is 2.57. The van der Waals surface area contributed by atoms with E-state index in [2.05, 4.69) is 16.6 Å². The summed E-state index contributed by atoms with van der Waals surface area (Å²) in [5.74, 6) is -0.662. The minimum atomic E-state index is -0.662. The van der Waals surface area contributed by atoms with E-state index in [0.717, 1.165) is 0 Å². The monoisotopic (exact) mass is 303 g/mol. The van der Waals surface area contributed by atoms with Crippen molar-refractivity contribution in [3.8, 4) is 0 Å². The molecule has 0 unspecified atom stereocenters. The van der Waals surface area contributed by atoms with Crippen molar-refractivity contribution in [1.29, 1.82) is 0 Å². The first-order valence-electron chi connectivity index (χ1n) is 6.82. The fourth-order valence-electron chi connectivity index (χ4n) is 2.15. The predicted molar refractivity (Wildman–Crippen MR) is 75.8 cm³/mol. The van der Waals surface area contributed by atoms with Crippen LogP contribution in [-0.4, -0.2) is 57.7 Å². The predicted octanol–water partition coefficient (Wildman–Crippen LogP) is 1.43. The van der Waals surface area contributed by atoms with Crippen molar-refractivity contribution in [2.45, 2.75) is 44.4 Å². The molecule has 0 aromatic heterocycles. The van der Waals surface area contributed by atoms with Gasteiger partial charge in [0, 0.05) is 20.1 Å². The number of hydrogen-bond donors (Lipinski definition) is 1. The third-order valence-electron chi connectivity index (χ3n) is 3.03. The van der Waals surface area contributed by atoms with Crippen molar-refractivity contribution in [2.24, 2.45) is 0 Å². The molecule has 7 nitrogen and oxygen atoms in total. The molecule has 1 fully saturated rings. The third-order valence-corrected chi connectivity index (χ3v) is 3.03. The molecule has 0 aromatic carbocycles. The van der Waals surface area contributed by atoms with Crippen LogP contribution in [0.3, 0.4) is 0 Å². The molecule has 0 aromatic rings. The molecule has 0 spiro atoms. The van der Waals surface area contributed by atoms with Crippen molar-refractivity contribution in [1.82, 2.24) is 5.32 Å². The number of carbonyl (C=O) groups is 1. The first-order chi connectivity index (χ1) is 9.91. The van der Waals surface area contributed by atoms with Gasteiger partial charge in [0.05, 0.1) is 19.3 Å². The van der Waals surface area contributed by atoms with Crippen LogP contribution in [0.4, 0.5) is 4.79 Å². The van der Waals surface area contributed by atoms with Crippen molar-refractivity contribution in [2.75, 3.05) is 27.6 Å². The standard InChI is InChI=1S/C14H25NO6/c1-6-11-12(21-14(2,3)20-11)7-10(19-9-17-4)8-15-13(16)18-5/h6,10-12H,1,7-9H2,2-5H3,(H,15,16)/t10-,11+,12-/m0/s1. The zero-order valence-electron chi connectivity index (χ0n) is 13.1. The van der Waals surface area contributed by atoms with E-state index in [-0.39, 0.29) is 25.1 Å². The van der Waals surface area contributed by atoms with Crippen LogP contribution in [0, 0.1) is 0 Å². The van der Waals surface area contributed by atoms with Crippen molar-refractivity contribution in [3.05, 3.63) is 12.7 Å². The molecule has 0 aliphatic carbocycles. The highest BCUT2D eigenvalue weighted by Gasteiger charge is 2.40. The number of nitrogens with one attached hydrogen (secondary N) is 1. The molecule has 1 aliphatic rings. The highest BCUT2D eigenvalue weighted by atomic mass is 16.8. The number of hydrogen-bond acceptors (Lipinski definition) is 6. The van der Waals surface area contributed by atoms with Gasteiger partial charge in [0.2, 0.25) is 0 Å². The van der Waals surface area contributed by atoms with Crippen LogP contribution in [0.15, 0.2) is 12.7 Å². The second kappa shape index (κ2) is 8.33. The lowest BCUT2D eigenvalue weighted by Crippen LogP contribution is -2.38. The van der Waals surface area contributed by atoms with Gasteiger partial charge in [-0.1, -0.05) is 6.08 Å². The van der Waals surface area contributed by atoms with Crippen LogP contribution in [0.25, 0.3) is 0 Å². The van der Waals surface area contributed by atoms with Gasteiger partial charge in [-0.25, -0.2) is 4.79 Å². The largest absolute Gasteiger partial charge is 0.453 e. The quantitative estimate of drug-likeness (QED) is 0.540. The van der Waals surface area contributed by atoms with Crippen molar-refractivity contribution >= 4 is 6.09 Å². The number of rotatable bonds is 8. The minimum Gasteiger partial charge on any atom is -0.453 e. The van der Waals surface area contributed by atoms with Crippen LogP contribution in [0.2, 0.25) is 0 Å². The third kappa shape index (κ3) is 6.01. The summed E-state index contributed by atoms with van der Waals surface area (Å²) in [6.07, 6.45) is 1.04. The molecule has 122 valence electrons. The number of ether oxygens (including phenoxy) is 5. The van der Waals surface area contributed by atoms with Gasteiger partial charge in [0.25, 0.3) is 0 Å². The maximum Gasteiger partial charge on any atom is 0.406 e. The summed E-state index contributed by atoms with van der Waals surface area (Å²) in [6, 6.07) is 0. The summed E-state index contributed by atoms with van der Waals surface area (Å²) in [6.45, 7) is 7.87. The Morgan fingerprint density at radius 3 is 2.71 bits per heavy atom. The summed E-state index contributed by atoms with van der Waals surface area (Å²) in [7, 11) is 2.85. The fraction of sp³-hybridized carbons (Fsp3) is 0.786.